The maximum atomic E-state index is 11.7. The molecule has 20 heavy (non-hydrogen) atoms. The SMILES string of the molecule is Cc1cccc(NC(=O)COc2ccsc2C(=O)O)c1. The minimum Gasteiger partial charge on any atom is -0.482 e. The molecule has 1 amide bonds. The van der Waals surface area contributed by atoms with Crippen molar-refractivity contribution in [3.63, 3.8) is 0 Å². The number of aryl methyl sites for hydroxylation is 1. The number of hydrogen-bond acceptors (Lipinski definition) is 4. The van der Waals surface area contributed by atoms with Gasteiger partial charge in [-0.05, 0) is 36.1 Å². The Morgan fingerprint density at radius 2 is 2.15 bits per heavy atom. The van der Waals surface area contributed by atoms with Crippen LogP contribution in [0, 0.1) is 6.92 Å². The first-order chi connectivity index (χ1) is 9.56. The Morgan fingerprint density at radius 1 is 1.35 bits per heavy atom. The fourth-order valence-electron chi connectivity index (χ4n) is 1.63. The van der Waals surface area contributed by atoms with E-state index in [2.05, 4.69) is 5.32 Å². The zero-order chi connectivity index (χ0) is 14.5. The predicted octanol–water partition coefficient (Wildman–Crippen LogP) is 2.77. The smallest absolute Gasteiger partial charge is 0.349 e. The lowest BCUT2D eigenvalue weighted by atomic mass is 10.2. The highest BCUT2D eigenvalue weighted by Crippen LogP contribution is 2.24. The van der Waals surface area contributed by atoms with Crippen molar-refractivity contribution in [2.45, 2.75) is 6.92 Å². The zero-order valence-electron chi connectivity index (χ0n) is 10.8. The summed E-state index contributed by atoms with van der Waals surface area (Å²) in [5.41, 5.74) is 1.72. The van der Waals surface area contributed by atoms with Crippen molar-refractivity contribution >= 4 is 28.9 Å². The van der Waals surface area contributed by atoms with Gasteiger partial charge in [-0.1, -0.05) is 12.1 Å². The van der Waals surface area contributed by atoms with Gasteiger partial charge in [0.1, 0.15) is 5.75 Å². The Bertz CT molecular complexity index is 636. The van der Waals surface area contributed by atoms with E-state index in [4.69, 9.17) is 9.84 Å². The quantitative estimate of drug-likeness (QED) is 0.888. The van der Waals surface area contributed by atoms with Crippen LogP contribution in [0.2, 0.25) is 0 Å². The van der Waals surface area contributed by atoms with Crippen molar-refractivity contribution in [3.05, 3.63) is 46.2 Å². The van der Waals surface area contributed by atoms with E-state index in [0.29, 0.717) is 5.69 Å². The highest BCUT2D eigenvalue weighted by atomic mass is 32.1. The molecule has 0 aliphatic heterocycles. The number of thiophene rings is 1. The van der Waals surface area contributed by atoms with Gasteiger partial charge in [-0.25, -0.2) is 4.79 Å². The second-order valence-corrected chi connectivity index (χ2v) is 5.04. The highest BCUT2D eigenvalue weighted by Gasteiger charge is 2.14. The van der Waals surface area contributed by atoms with E-state index in [1.54, 1.807) is 11.4 Å². The Kier molecular flexibility index (Phi) is 4.37. The number of nitrogens with one attached hydrogen (secondary N) is 1. The van der Waals surface area contributed by atoms with Crippen LogP contribution in [0.4, 0.5) is 5.69 Å². The van der Waals surface area contributed by atoms with Crippen molar-refractivity contribution < 1.29 is 19.4 Å². The Balaban J connectivity index is 1.92. The topological polar surface area (TPSA) is 75.6 Å². The van der Waals surface area contributed by atoms with Gasteiger partial charge in [0.2, 0.25) is 0 Å². The second-order valence-electron chi connectivity index (χ2n) is 4.13. The molecule has 0 spiro atoms. The van der Waals surface area contributed by atoms with E-state index >= 15 is 0 Å². The van der Waals surface area contributed by atoms with Crippen LogP contribution in [0.5, 0.6) is 5.75 Å². The van der Waals surface area contributed by atoms with Crippen molar-refractivity contribution in [1.82, 2.24) is 0 Å². The normalized spacial score (nSPS) is 10.1. The van der Waals surface area contributed by atoms with Crippen LogP contribution >= 0.6 is 11.3 Å². The van der Waals surface area contributed by atoms with E-state index in [1.165, 1.54) is 6.07 Å². The van der Waals surface area contributed by atoms with Gasteiger partial charge < -0.3 is 15.2 Å². The first kappa shape index (κ1) is 14.1. The number of carboxylic acids is 1. The molecular formula is C14H13NO4S. The molecule has 0 bridgehead atoms. The molecule has 0 aliphatic carbocycles. The number of carbonyl (C=O) groups excluding carboxylic acids is 1. The summed E-state index contributed by atoms with van der Waals surface area (Å²) >= 11 is 1.06. The molecular weight excluding hydrogens is 278 g/mol. The molecule has 1 aromatic carbocycles. The average molecular weight is 291 g/mol. The maximum absolute atomic E-state index is 11.7. The summed E-state index contributed by atoms with van der Waals surface area (Å²) in [4.78, 5) is 22.7. The van der Waals surface area contributed by atoms with Gasteiger partial charge in [-0.3, -0.25) is 4.79 Å². The monoisotopic (exact) mass is 291 g/mol. The maximum Gasteiger partial charge on any atom is 0.349 e. The van der Waals surface area contributed by atoms with Crippen molar-refractivity contribution in [2.24, 2.45) is 0 Å². The van der Waals surface area contributed by atoms with E-state index in [0.717, 1.165) is 16.9 Å². The molecule has 0 saturated heterocycles. The largest absolute Gasteiger partial charge is 0.482 e. The van der Waals surface area contributed by atoms with Crippen molar-refractivity contribution in [2.75, 3.05) is 11.9 Å². The van der Waals surface area contributed by atoms with Crippen LogP contribution in [-0.4, -0.2) is 23.6 Å². The number of hydrogen-bond donors (Lipinski definition) is 2. The molecule has 1 aromatic heterocycles. The second kappa shape index (κ2) is 6.21. The van der Waals surface area contributed by atoms with E-state index in [-0.39, 0.29) is 23.1 Å². The van der Waals surface area contributed by atoms with Crippen molar-refractivity contribution in [3.8, 4) is 5.75 Å². The van der Waals surface area contributed by atoms with Crippen LogP contribution in [-0.2, 0) is 4.79 Å². The molecule has 0 fully saturated rings. The summed E-state index contributed by atoms with van der Waals surface area (Å²) in [6, 6.07) is 8.92. The van der Waals surface area contributed by atoms with Crippen LogP contribution in [0.15, 0.2) is 35.7 Å². The number of ether oxygens (including phenoxy) is 1. The lowest BCUT2D eigenvalue weighted by Crippen LogP contribution is -2.20. The molecule has 2 aromatic rings. The lowest BCUT2D eigenvalue weighted by Gasteiger charge is -2.07. The zero-order valence-corrected chi connectivity index (χ0v) is 11.6. The van der Waals surface area contributed by atoms with Crippen LogP contribution in [0.25, 0.3) is 0 Å². The molecule has 2 rings (SSSR count). The standard InChI is InChI=1S/C14H13NO4S/c1-9-3-2-4-10(7-9)15-12(16)8-19-11-5-6-20-13(11)14(17)18/h2-7H,8H2,1H3,(H,15,16)(H,17,18). The van der Waals surface area contributed by atoms with E-state index in [1.807, 2.05) is 25.1 Å². The average Bonchev–Trinajstić information content (AvgIpc) is 2.85. The van der Waals surface area contributed by atoms with Gasteiger partial charge in [0.15, 0.2) is 11.5 Å². The van der Waals surface area contributed by atoms with Gasteiger partial charge >= 0.3 is 5.97 Å². The molecule has 0 unspecified atom stereocenters. The number of carbonyl (C=O) groups is 2. The molecule has 0 radical (unpaired) electrons. The number of amides is 1. The first-order valence-corrected chi connectivity index (χ1v) is 6.74. The van der Waals surface area contributed by atoms with Gasteiger partial charge in [0.25, 0.3) is 5.91 Å². The molecule has 0 aliphatic rings. The van der Waals surface area contributed by atoms with Crippen LogP contribution < -0.4 is 10.1 Å². The molecule has 104 valence electrons. The van der Waals surface area contributed by atoms with Gasteiger partial charge in [-0.15, -0.1) is 11.3 Å². The fraction of sp³-hybridized carbons (Fsp3) is 0.143. The molecule has 2 N–H and O–H groups in total. The van der Waals surface area contributed by atoms with Gasteiger partial charge in [0, 0.05) is 5.69 Å². The molecule has 0 saturated carbocycles. The number of benzene rings is 1. The lowest BCUT2D eigenvalue weighted by molar-refractivity contribution is -0.118. The first-order valence-electron chi connectivity index (χ1n) is 5.86. The summed E-state index contributed by atoms with van der Waals surface area (Å²) in [5.74, 6) is -1.19. The molecule has 6 heteroatoms. The number of carboxylic acid groups (broad SMARTS) is 1. The van der Waals surface area contributed by atoms with Gasteiger partial charge in [-0.2, -0.15) is 0 Å². The van der Waals surface area contributed by atoms with Crippen LogP contribution in [0.1, 0.15) is 15.2 Å². The summed E-state index contributed by atoms with van der Waals surface area (Å²) in [6.45, 7) is 1.70. The Morgan fingerprint density at radius 3 is 2.85 bits per heavy atom. The van der Waals surface area contributed by atoms with Crippen LogP contribution in [0.3, 0.4) is 0 Å². The minimum atomic E-state index is -1.06. The molecule has 0 atom stereocenters. The van der Waals surface area contributed by atoms with Crippen molar-refractivity contribution in [1.29, 1.82) is 0 Å². The summed E-state index contributed by atoms with van der Waals surface area (Å²) < 4.78 is 5.22. The highest BCUT2D eigenvalue weighted by molar-refractivity contribution is 7.12. The fourth-order valence-corrected chi connectivity index (χ4v) is 2.30. The summed E-state index contributed by atoms with van der Waals surface area (Å²) in [5, 5.41) is 13.2. The summed E-state index contributed by atoms with van der Waals surface area (Å²) in [7, 11) is 0. The Labute approximate surface area is 119 Å². The Hall–Kier alpha value is -2.34. The third-order valence-electron chi connectivity index (χ3n) is 2.48. The third-order valence-corrected chi connectivity index (χ3v) is 3.37. The number of anilines is 1. The minimum absolute atomic E-state index is 0.0911. The number of rotatable bonds is 5. The third kappa shape index (κ3) is 3.58. The van der Waals surface area contributed by atoms with Gasteiger partial charge in [0.05, 0.1) is 0 Å². The molecule has 1 heterocycles. The number of aromatic carboxylic acids is 1. The van der Waals surface area contributed by atoms with E-state index < -0.39 is 5.97 Å². The summed E-state index contributed by atoms with van der Waals surface area (Å²) in [6.07, 6.45) is 0. The van der Waals surface area contributed by atoms with E-state index in [9.17, 15) is 9.59 Å². The predicted molar refractivity (Wildman–Crippen MR) is 76.6 cm³/mol. The molecule has 5 nitrogen and oxygen atoms in total.